The van der Waals surface area contributed by atoms with Crippen molar-refractivity contribution in [3.63, 3.8) is 0 Å². The first kappa shape index (κ1) is 14.3. The van der Waals surface area contributed by atoms with Crippen molar-refractivity contribution in [2.45, 2.75) is 20.0 Å². The summed E-state index contributed by atoms with van der Waals surface area (Å²) in [5.74, 6) is -0.126. The average molecular weight is 295 g/mol. The van der Waals surface area contributed by atoms with Crippen LogP contribution < -0.4 is 5.32 Å². The maximum atomic E-state index is 11.2. The second-order valence-electron chi connectivity index (χ2n) is 5.26. The topological polar surface area (TPSA) is 78.0 Å². The zero-order chi connectivity index (χ0) is 15.7. The minimum absolute atomic E-state index is 0.126. The number of fused-ring (bicyclic) bond motifs is 1. The third-order valence-corrected chi connectivity index (χ3v) is 3.60. The molecule has 0 saturated heterocycles. The number of hydrogen-bond acceptors (Lipinski definition) is 3. The van der Waals surface area contributed by atoms with Crippen LogP contribution in [0.2, 0.25) is 0 Å². The molecule has 0 aliphatic heterocycles. The molecule has 0 fully saturated rings. The van der Waals surface area contributed by atoms with Crippen LogP contribution in [0.25, 0.3) is 10.9 Å². The van der Waals surface area contributed by atoms with Gasteiger partial charge in [0.2, 0.25) is 5.91 Å². The standard InChI is InChI=1S/C17H17N3O2/c1-10-16(17(22)15-5-3-4-8-18-15)13-9-12(20-11(2)21)6-7-14(13)19-10/h3-9,17,19,22H,1-2H3,(H,20,21). The SMILES string of the molecule is CC(=O)Nc1ccc2[nH]c(C)c(C(O)c3ccccn3)c2c1. The molecule has 1 aromatic carbocycles. The van der Waals surface area contributed by atoms with Crippen LogP contribution in [0.3, 0.4) is 0 Å². The van der Waals surface area contributed by atoms with Gasteiger partial charge < -0.3 is 15.4 Å². The van der Waals surface area contributed by atoms with Gasteiger partial charge >= 0.3 is 0 Å². The number of aryl methyl sites for hydroxylation is 1. The molecule has 1 unspecified atom stereocenters. The summed E-state index contributed by atoms with van der Waals surface area (Å²) in [6, 6.07) is 11.0. The lowest BCUT2D eigenvalue weighted by Crippen LogP contribution is -2.06. The van der Waals surface area contributed by atoms with Gasteiger partial charge in [-0.2, -0.15) is 0 Å². The van der Waals surface area contributed by atoms with E-state index in [0.717, 1.165) is 22.2 Å². The Hall–Kier alpha value is -2.66. The molecule has 3 rings (SSSR count). The van der Waals surface area contributed by atoms with E-state index < -0.39 is 6.10 Å². The molecular weight excluding hydrogens is 278 g/mol. The van der Waals surface area contributed by atoms with Crippen LogP contribution in [0.15, 0.2) is 42.6 Å². The van der Waals surface area contributed by atoms with E-state index in [1.165, 1.54) is 6.92 Å². The first-order valence-corrected chi connectivity index (χ1v) is 7.05. The van der Waals surface area contributed by atoms with Crippen LogP contribution in [0.5, 0.6) is 0 Å². The highest BCUT2D eigenvalue weighted by molar-refractivity contribution is 5.94. The highest BCUT2D eigenvalue weighted by Gasteiger charge is 2.19. The highest BCUT2D eigenvalue weighted by Crippen LogP contribution is 2.32. The zero-order valence-corrected chi connectivity index (χ0v) is 12.4. The maximum absolute atomic E-state index is 11.2. The molecule has 0 aliphatic rings. The van der Waals surface area contributed by atoms with Crippen LogP contribution in [-0.4, -0.2) is 21.0 Å². The zero-order valence-electron chi connectivity index (χ0n) is 12.4. The molecule has 1 atom stereocenters. The van der Waals surface area contributed by atoms with Crippen molar-refractivity contribution in [1.29, 1.82) is 0 Å². The van der Waals surface area contributed by atoms with E-state index in [1.807, 2.05) is 37.3 Å². The summed E-state index contributed by atoms with van der Waals surface area (Å²) in [6.07, 6.45) is 0.841. The molecule has 0 bridgehead atoms. The van der Waals surface area contributed by atoms with E-state index in [2.05, 4.69) is 15.3 Å². The number of aliphatic hydroxyl groups excluding tert-OH is 1. The molecule has 0 saturated carbocycles. The number of nitrogens with one attached hydrogen (secondary N) is 2. The minimum Gasteiger partial charge on any atom is -0.382 e. The fraction of sp³-hybridized carbons (Fsp3) is 0.176. The van der Waals surface area contributed by atoms with Crippen molar-refractivity contribution < 1.29 is 9.90 Å². The lowest BCUT2D eigenvalue weighted by Gasteiger charge is -2.11. The van der Waals surface area contributed by atoms with Crippen molar-refractivity contribution in [1.82, 2.24) is 9.97 Å². The van der Waals surface area contributed by atoms with E-state index >= 15 is 0 Å². The molecule has 112 valence electrons. The van der Waals surface area contributed by atoms with Crippen molar-refractivity contribution in [3.05, 3.63) is 59.5 Å². The number of pyridine rings is 1. The molecule has 0 aliphatic carbocycles. The van der Waals surface area contributed by atoms with E-state index in [9.17, 15) is 9.90 Å². The average Bonchev–Trinajstić information content (AvgIpc) is 2.82. The van der Waals surface area contributed by atoms with Crippen LogP contribution in [0.4, 0.5) is 5.69 Å². The molecule has 0 radical (unpaired) electrons. The second-order valence-corrected chi connectivity index (χ2v) is 5.26. The fourth-order valence-corrected chi connectivity index (χ4v) is 2.67. The first-order valence-electron chi connectivity index (χ1n) is 7.05. The molecule has 1 amide bonds. The van der Waals surface area contributed by atoms with Gasteiger partial charge in [-0.1, -0.05) is 6.07 Å². The monoisotopic (exact) mass is 295 g/mol. The van der Waals surface area contributed by atoms with Gasteiger partial charge in [0.05, 0.1) is 5.69 Å². The third-order valence-electron chi connectivity index (χ3n) is 3.60. The predicted molar refractivity (Wildman–Crippen MR) is 85.6 cm³/mol. The van der Waals surface area contributed by atoms with Crippen LogP contribution >= 0.6 is 0 Å². The Bertz CT molecular complexity index is 825. The molecule has 0 spiro atoms. The third kappa shape index (κ3) is 2.58. The number of anilines is 1. The smallest absolute Gasteiger partial charge is 0.221 e. The van der Waals surface area contributed by atoms with Crippen molar-refractivity contribution in [3.8, 4) is 0 Å². The number of aromatic nitrogens is 2. The Kier molecular flexibility index (Phi) is 3.65. The van der Waals surface area contributed by atoms with Gasteiger partial charge in [-0.15, -0.1) is 0 Å². The van der Waals surface area contributed by atoms with Crippen molar-refractivity contribution in [2.24, 2.45) is 0 Å². The second kappa shape index (κ2) is 5.61. The largest absolute Gasteiger partial charge is 0.382 e. The van der Waals surface area contributed by atoms with Crippen LogP contribution in [0.1, 0.15) is 30.0 Å². The highest BCUT2D eigenvalue weighted by atomic mass is 16.3. The molecule has 2 aromatic heterocycles. The van der Waals surface area contributed by atoms with E-state index in [-0.39, 0.29) is 5.91 Å². The van der Waals surface area contributed by atoms with Gasteiger partial charge in [-0.05, 0) is 37.3 Å². The Morgan fingerprint density at radius 2 is 2.14 bits per heavy atom. The molecular formula is C17H17N3O2. The Morgan fingerprint density at radius 3 is 2.82 bits per heavy atom. The first-order chi connectivity index (χ1) is 10.6. The molecule has 3 aromatic rings. The van der Waals surface area contributed by atoms with Crippen molar-refractivity contribution >= 4 is 22.5 Å². The van der Waals surface area contributed by atoms with Crippen LogP contribution in [0, 0.1) is 6.92 Å². The summed E-state index contributed by atoms with van der Waals surface area (Å²) in [6.45, 7) is 3.38. The molecule has 2 heterocycles. The number of rotatable bonds is 3. The number of H-pyrrole nitrogens is 1. The number of nitrogens with zero attached hydrogens (tertiary/aromatic N) is 1. The van der Waals surface area contributed by atoms with Crippen LogP contribution in [-0.2, 0) is 4.79 Å². The van der Waals surface area contributed by atoms with E-state index in [4.69, 9.17) is 0 Å². The maximum Gasteiger partial charge on any atom is 0.221 e. The Balaban J connectivity index is 2.11. The lowest BCUT2D eigenvalue weighted by molar-refractivity contribution is -0.114. The number of hydrogen-bond donors (Lipinski definition) is 3. The number of amides is 1. The summed E-state index contributed by atoms with van der Waals surface area (Å²) >= 11 is 0. The van der Waals surface area contributed by atoms with Gasteiger partial charge in [-0.3, -0.25) is 9.78 Å². The summed E-state index contributed by atoms with van der Waals surface area (Å²) in [4.78, 5) is 18.7. The Labute approximate surface area is 128 Å². The number of aliphatic hydroxyl groups is 1. The number of aromatic amines is 1. The minimum atomic E-state index is -0.817. The molecule has 5 nitrogen and oxygen atoms in total. The molecule has 3 N–H and O–H groups in total. The summed E-state index contributed by atoms with van der Waals surface area (Å²) in [7, 11) is 0. The van der Waals surface area contributed by atoms with Gasteiger partial charge in [0, 0.05) is 41.0 Å². The van der Waals surface area contributed by atoms with Gasteiger partial charge in [-0.25, -0.2) is 0 Å². The van der Waals surface area contributed by atoms with E-state index in [0.29, 0.717) is 11.4 Å². The quantitative estimate of drug-likeness (QED) is 0.695. The van der Waals surface area contributed by atoms with Gasteiger partial charge in [0.15, 0.2) is 0 Å². The molecule has 22 heavy (non-hydrogen) atoms. The van der Waals surface area contributed by atoms with Gasteiger partial charge in [0.1, 0.15) is 6.10 Å². The fourth-order valence-electron chi connectivity index (χ4n) is 2.67. The number of benzene rings is 1. The normalized spacial score (nSPS) is 12.3. The predicted octanol–water partition coefficient (Wildman–Crippen LogP) is 2.91. The summed E-state index contributed by atoms with van der Waals surface area (Å²) in [5, 5.41) is 14.3. The number of carbonyl (C=O) groups excluding carboxylic acids is 1. The lowest BCUT2D eigenvalue weighted by atomic mass is 10.0. The summed E-state index contributed by atoms with van der Waals surface area (Å²) in [5.41, 5.74) is 3.87. The van der Waals surface area contributed by atoms with Gasteiger partial charge in [0.25, 0.3) is 0 Å². The Morgan fingerprint density at radius 1 is 1.32 bits per heavy atom. The van der Waals surface area contributed by atoms with Crippen molar-refractivity contribution in [2.75, 3.05) is 5.32 Å². The van der Waals surface area contributed by atoms with E-state index in [1.54, 1.807) is 12.3 Å². The molecule has 5 heteroatoms. The number of carbonyl (C=O) groups is 1. The summed E-state index contributed by atoms with van der Waals surface area (Å²) < 4.78 is 0.